The molecule has 0 fully saturated rings. The minimum Gasteiger partial charge on any atom is -0.463 e. The van der Waals surface area contributed by atoms with E-state index >= 15 is 0 Å². The first-order valence-electron chi connectivity index (χ1n) is 7.49. The number of hydrogen-bond acceptors (Lipinski definition) is 5. The molecule has 1 aromatic carbocycles. The van der Waals surface area contributed by atoms with Gasteiger partial charge in [0, 0.05) is 5.56 Å². The number of rotatable bonds is 3. The second-order valence-electron chi connectivity index (χ2n) is 5.33. The Bertz CT molecular complexity index is 1030. The molecule has 26 heavy (non-hydrogen) atoms. The van der Waals surface area contributed by atoms with Crippen molar-refractivity contribution >= 4 is 0 Å². The van der Waals surface area contributed by atoms with Crippen LogP contribution < -0.4 is 0 Å². The third-order valence-corrected chi connectivity index (χ3v) is 3.55. The minimum atomic E-state index is -4.64. The Hall–Kier alpha value is -3.49. The van der Waals surface area contributed by atoms with Gasteiger partial charge in [-0.1, -0.05) is 35.5 Å². The summed E-state index contributed by atoms with van der Waals surface area (Å²) in [5.74, 6) is -0.0524. The van der Waals surface area contributed by atoms with Crippen LogP contribution in [0.1, 0.15) is 5.69 Å². The van der Waals surface area contributed by atoms with Crippen molar-refractivity contribution in [3.05, 3.63) is 66.7 Å². The maximum Gasteiger partial charge on any atom is 0.433 e. The molecule has 0 amide bonds. The average Bonchev–Trinajstić information content (AvgIpc) is 3.33. The maximum atomic E-state index is 13.2. The van der Waals surface area contributed by atoms with Gasteiger partial charge in [0.1, 0.15) is 11.4 Å². The maximum absolute atomic E-state index is 13.2. The summed E-state index contributed by atoms with van der Waals surface area (Å²) in [5.41, 5.74) is 0.179. The summed E-state index contributed by atoms with van der Waals surface area (Å²) in [5, 5.41) is 7.83. The molecule has 0 aliphatic rings. The van der Waals surface area contributed by atoms with E-state index in [1.807, 2.05) is 30.3 Å². The van der Waals surface area contributed by atoms with E-state index in [9.17, 15) is 13.2 Å². The van der Waals surface area contributed by atoms with E-state index in [1.54, 1.807) is 6.07 Å². The molecule has 0 N–H and O–H groups in total. The number of nitrogens with zero attached hydrogens (tertiary/aromatic N) is 5. The first-order chi connectivity index (χ1) is 12.5. The molecule has 0 unspecified atom stereocenters. The molecule has 0 saturated carbocycles. The molecule has 0 aliphatic heterocycles. The lowest BCUT2D eigenvalue weighted by Crippen LogP contribution is -2.13. The van der Waals surface area contributed by atoms with Crippen molar-refractivity contribution in [2.45, 2.75) is 6.18 Å². The van der Waals surface area contributed by atoms with Crippen molar-refractivity contribution in [2.75, 3.05) is 0 Å². The topological polar surface area (TPSA) is 69.6 Å². The monoisotopic (exact) mass is 357 g/mol. The zero-order chi connectivity index (χ0) is 18.1. The lowest BCUT2D eigenvalue weighted by Gasteiger charge is -2.09. The number of aromatic nitrogens is 5. The normalized spacial score (nSPS) is 11.7. The van der Waals surface area contributed by atoms with Crippen molar-refractivity contribution < 1.29 is 17.6 Å². The van der Waals surface area contributed by atoms with E-state index in [1.165, 1.54) is 18.5 Å². The van der Waals surface area contributed by atoms with E-state index in [-0.39, 0.29) is 17.4 Å². The Morgan fingerprint density at radius 3 is 2.42 bits per heavy atom. The van der Waals surface area contributed by atoms with Crippen LogP contribution in [0.15, 0.2) is 65.4 Å². The molecule has 4 rings (SSSR count). The Morgan fingerprint density at radius 1 is 0.923 bits per heavy atom. The largest absolute Gasteiger partial charge is 0.463 e. The summed E-state index contributed by atoms with van der Waals surface area (Å²) >= 11 is 0. The molecule has 0 spiro atoms. The molecule has 9 heteroatoms. The van der Waals surface area contributed by atoms with Gasteiger partial charge in [0.25, 0.3) is 5.95 Å². The molecule has 0 radical (unpaired) electrons. The van der Waals surface area contributed by atoms with Gasteiger partial charge in [0.05, 0.1) is 12.5 Å². The fourth-order valence-corrected chi connectivity index (χ4v) is 2.34. The van der Waals surface area contributed by atoms with Crippen LogP contribution in [-0.2, 0) is 6.18 Å². The summed E-state index contributed by atoms with van der Waals surface area (Å²) in [6, 6.07) is 13.0. The van der Waals surface area contributed by atoms with E-state index in [2.05, 4.69) is 20.3 Å². The molecule has 6 nitrogen and oxygen atoms in total. The van der Waals surface area contributed by atoms with Gasteiger partial charge in [0.15, 0.2) is 11.5 Å². The lowest BCUT2D eigenvalue weighted by atomic mass is 10.2. The Morgan fingerprint density at radius 2 is 1.73 bits per heavy atom. The van der Waals surface area contributed by atoms with Crippen LogP contribution in [0.2, 0.25) is 0 Å². The van der Waals surface area contributed by atoms with Gasteiger partial charge in [-0.25, -0.2) is 9.97 Å². The minimum absolute atomic E-state index is 0.00378. The predicted molar refractivity (Wildman–Crippen MR) is 85.1 cm³/mol. The second kappa shape index (κ2) is 6.10. The molecule has 0 bridgehead atoms. The van der Waals surface area contributed by atoms with Gasteiger partial charge < -0.3 is 4.42 Å². The highest BCUT2D eigenvalue weighted by molar-refractivity contribution is 5.58. The van der Waals surface area contributed by atoms with Gasteiger partial charge in [0.2, 0.25) is 0 Å². The quantitative estimate of drug-likeness (QED) is 0.554. The predicted octanol–water partition coefficient (Wildman–Crippen LogP) is 4.00. The molecule has 0 aliphatic carbocycles. The molecular formula is C17H10F3N5O. The molecule has 3 heterocycles. The molecule has 3 aromatic heterocycles. The van der Waals surface area contributed by atoms with Crippen LogP contribution in [0, 0.1) is 0 Å². The van der Waals surface area contributed by atoms with Crippen LogP contribution in [-0.4, -0.2) is 25.0 Å². The standard InChI is InChI=1S/C17H10F3N5O/c18-17(19,20)15-9-12(14-7-4-8-26-14)21-16(22-15)25-10-13(23-24-25)11-5-2-1-3-6-11/h1-10H. The van der Waals surface area contributed by atoms with Crippen LogP contribution in [0.25, 0.3) is 28.7 Å². The second-order valence-corrected chi connectivity index (χ2v) is 5.33. The molecule has 0 saturated heterocycles. The fourth-order valence-electron chi connectivity index (χ4n) is 2.34. The first-order valence-corrected chi connectivity index (χ1v) is 7.49. The molecule has 4 aromatic rings. The molecule has 0 atom stereocenters. The van der Waals surface area contributed by atoms with Crippen molar-refractivity contribution in [3.8, 4) is 28.7 Å². The third-order valence-electron chi connectivity index (χ3n) is 3.55. The summed E-state index contributed by atoms with van der Waals surface area (Å²) in [6.07, 6.45) is -1.81. The number of alkyl halides is 3. The smallest absolute Gasteiger partial charge is 0.433 e. The van der Waals surface area contributed by atoms with E-state index in [4.69, 9.17) is 4.42 Å². The number of furan rings is 1. The van der Waals surface area contributed by atoms with Crippen molar-refractivity contribution in [2.24, 2.45) is 0 Å². The third kappa shape index (κ3) is 3.06. The summed E-state index contributed by atoms with van der Waals surface area (Å²) in [4.78, 5) is 7.70. The summed E-state index contributed by atoms with van der Waals surface area (Å²) in [7, 11) is 0. The highest BCUT2D eigenvalue weighted by Crippen LogP contribution is 2.31. The molecular weight excluding hydrogens is 347 g/mol. The van der Waals surface area contributed by atoms with Crippen molar-refractivity contribution in [1.82, 2.24) is 25.0 Å². The number of halogens is 3. The number of hydrogen-bond donors (Lipinski definition) is 0. The zero-order valence-electron chi connectivity index (χ0n) is 13.1. The lowest BCUT2D eigenvalue weighted by molar-refractivity contribution is -0.141. The summed E-state index contributed by atoms with van der Waals surface area (Å²) < 4.78 is 45.9. The van der Waals surface area contributed by atoms with Gasteiger partial charge in [-0.05, 0) is 18.2 Å². The zero-order valence-corrected chi connectivity index (χ0v) is 13.1. The van der Waals surface area contributed by atoms with Crippen LogP contribution in [0.4, 0.5) is 13.2 Å². The highest BCUT2D eigenvalue weighted by Gasteiger charge is 2.34. The number of benzene rings is 1. The van der Waals surface area contributed by atoms with Crippen molar-refractivity contribution in [1.29, 1.82) is 0 Å². The SMILES string of the molecule is FC(F)(F)c1cc(-c2ccco2)nc(-n2cc(-c3ccccc3)nn2)n1. The van der Waals surface area contributed by atoms with Gasteiger partial charge in [-0.15, -0.1) is 5.10 Å². The Labute approximate surface area is 144 Å². The molecule has 130 valence electrons. The average molecular weight is 357 g/mol. The van der Waals surface area contributed by atoms with E-state index in [0.717, 1.165) is 16.3 Å². The Kier molecular flexibility index (Phi) is 3.76. The fraction of sp³-hybridized carbons (Fsp3) is 0.0588. The first kappa shape index (κ1) is 16.0. The van der Waals surface area contributed by atoms with Crippen LogP contribution >= 0.6 is 0 Å². The van der Waals surface area contributed by atoms with Gasteiger partial charge >= 0.3 is 6.18 Å². The van der Waals surface area contributed by atoms with Gasteiger partial charge in [-0.2, -0.15) is 17.9 Å². The van der Waals surface area contributed by atoms with Gasteiger partial charge in [-0.3, -0.25) is 0 Å². The van der Waals surface area contributed by atoms with Crippen LogP contribution in [0.5, 0.6) is 0 Å². The van der Waals surface area contributed by atoms with E-state index in [0.29, 0.717) is 5.69 Å². The van der Waals surface area contributed by atoms with Crippen molar-refractivity contribution in [3.63, 3.8) is 0 Å². The van der Waals surface area contributed by atoms with Crippen LogP contribution in [0.3, 0.4) is 0 Å². The Balaban J connectivity index is 1.81. The van der Waals surface area contributed by atoms with E-state index < -0.39 is 11.9 Å². The summed E-state index contributed by atoms with van der Waals surface area (Å²) in [6.45, 7) is 0. The highest BCUT2D eigenvalue weighted by atomic mass is 19.4.